The number of carbonyl (C=O) groups is 4. The second kappa shape index (κ2) is 7.98. The van der Waals surface area contributed by atoms with Crippen LogP contribution in [0.15, 0.2) is 0 Å². The fourth-order valence-corrected chi connectivity index (χ4v) is 2.32. The Hall–Kier alpha value is -2.24. The second-order valence-electron chi connectivity index (χ2n) is 6.75. The highest BCUT2D eigenvalue weighted by Gasteiger charge is 2.52. The third kappa shape index (κ3) is 5.13. The Bertz CT molecular complexity index is 580. The zero-order chi connectivity index (χ0) is 21.1. The van der Waals surface area contributed by atoms with Crippen molar-refractivity contribution in [2.45, 2.75) is 63.9 Å². The van der Waals surface area contributed by atoms with E-state index in [9.17, 15) is 39.6 Å². The third-order valence-corrected chi connectivity index (χ3v) is 4.26. The first-order valence-electron chi connectivity index (χ1n) is 7.56. The molecule has 0 radical (unpaired) electrons. The molecule has 6 N–H and O–H groups in total. The van der Waals surface area contributed by atoms with E-state index in [-0.39, 0.29) is 6.42 Å². The minimum absolute atomic E-state index is 0.223. The molecule has 0 rings (SSSR count). The van der Waals surface area contributed by atoms with Crippen LogP contribution in [0.2, 0.25) is 0 Å². The van der Waals surface area contributed by atoms with Gasteiger partial charge in [-0.3, -0.25) is 0 Å². The first-order valence-corrected chi connectivity index (χ1v) is 7.56. The van der Waals surface area contributed by atoms with Crippen molar-refractivity contribution in [3.8, 4) is 0 Å². The maximum atomic E-state index is 12.2. The molecule has 0 aliphatic heterocycles. The van der Waals surface area contributed by atoms with Crippen molar-refractivity contribution in [1.82, 2.24) is 0 Å². The first-order chi connectivity index (χ1) is 11.5. The monoisotopic (exact) mass is 380 g/mol. The number of carboxylic acids is 3. The minimum Gasteiger partial charge on any atom is -0.479 e. The van der Waals surface area contributed by atoms with Crippen LogP contribution in [0.4, 0.5) is 0 Å². The summed E-state index contributed by atoms with van der Waals surface area (Å²) in [5.74, 6) is -6.84. The first kappa shape index (κ1) is 23.8. The van der Waals surface area contributed by atoms with Crippen LogP contribution in [0.3, 0.4) is 0 Å². The molecule has 5 atom stereocenters. The lowest BCUT2D eigenvalue weighted by molar-refractivity contribution is -0.199. The van der Waals surface area contributed by atoms with Gasteiger partial charge in [0.15, 0.2) is 17.3 Å². The summed E-state index contributed by atoms with van der Waals surface area (Å²) in [6.45, 7) is 4.06. The fourth-order valence-electron chi connectivity index (χ4n) is 2.32. The van der Waals surface area contributed by atoms with Crippen molar-refractivity contribution >= 4 is 23.9 Å². The zero-order valence-corrected chi connectivity index (χ0v) is 14.8. The Morgan fingerprint density at radius 2 is 1.38 bits per heavy atom. The quantitative estimate of drug-likeness (QED) is 0.249. The molecule has 11 nitrogen and oxygen atoms in total. The van der Waals surface area contributed by atoms with Gasteiger partial charge < -0.3 is 35.4 Å². The van der Waals surface area contributed by atoms with Gasteiger partial charge in [-0.25, -0.2) is 19.2 Å². The van der Waals surface area contributed by atoms with Crippen LogP contribution < -0.4 is 0 Å². The van der Waals surface area contributed by atoms with Crippen molar-refractivity contribution in [2.24, 2.45) is 5.41 Å². The molecule has 0 aromatic carbocycles. The van der Waals surface area contributed by atoms with Crippen molar-refractivity contribution in [3.63, 3.8) is 0 Å². The lowest BCUT2D eigenvalue weighted by atomic mass is 9.76. The minimum atomic E-state index is -2.60. The molecule has 11 heteroatoms. The Kier molecular flexibility index (Phi) is 7.29. The lowest BCUT2D eigenvalue weighted by Gasteiger charge is -2.37. The standard InChI is InChI=1S/C15H24O11/c1-5-13(2,7(16)9(17)18)8(10(19)20)26-12(23)15(4,25)6-14(3,24)11(21)22/h7-8,16,24-25H,5-6H2,1-4H3,(H,17,18)(H,19,20)(H,21,22). The average Bonchev–Trinajstić information content (AvgIpc) is 2.49. The highest BCUT2D eigenvalue weighted by molar-refractivity contribution is 5.86. The van der Waals surface area contributed by atoms with Gasteiger partial charge in [-0.1, -0.05) is 13.8 Å². The van der Waals surface area contributed by atoms with E-state index in [1.54, 1.807) is 0 Å². The Balaban J connectivity index is 5.70. The molecule has 0 aromatic rings. The van der Waals surface area contributed by atoms with Gasteiger partial charge in [0.1, 0.15) is 0 Å². The Morgan fingerprint density at radius 1 is 0.923 bits per heavy atom. The van der Waals surface area contributed by atoms with E-state index < -0.39 is 59.1 Å². The number of carboxylic acid groups (broad SMARTS) is 3. The van der Waals surface area contributed by atoms with Crippen LogP contribution in [0.5, 0.6) is 0 Å². The molecule has 0 heterocycles. The molecule has 0 spiro atoms. The summed E-state index contributed by atoms with van der Waals surface area (Å²) in [6.07, 6.45) is -5.61. The van der Waals surface area contributed by atoms with Crippen LogP contribution in [-0.2, 0) is 23.9 Å². The molecule has 0 aromatic heterocycles. The van der Waals surface area contributed by atoms with Crippen LogP contribution in [0.1, 0.15) is 40.5 Å². The summed E-state index contributed by atoms with van der Waals surface area (Å²) in [7, 11) is 0. The predicted octanol–water partition coefficient (Wildman–Crippen LogP) is -1.18. The van der Waals surface area contributed by atoms with Crippen LogP contribution in [0.25, 0.3) is 0 Å². The Morgan fingerprint density at radius 3 is 1.69 bits per heavy atom. The largest absolute Gasteiger partial charge is 0.479 e. The molecule has 0 saturated carbocycles. The number of hydrogen-bond donors (Lipinski definition) is 6. The SMILES string of the molecule is CCC(C)(C(O)C(=O)O)C(OC(=O)C(C)(O)CC(C)(O)C(=O)O)C(=O)O. The molecular weight excluding hydrogens is 356 g/mol. The van der Waals surface area contributed by atoms with E-state index in [0.29, 0.717) is 0 Å². The van der Waals surface area contributed by atoms with E-state index in [0.717, 1.165) is 20.8 Å². The molecule has 0 bridgehead atoms. The highest BCUT2D eigenvalue weighted by Crippen LogP contribution is 2.34. The van der Waals surface area contributed by atoms with Gasteiger partial charge in [-0.2, -0.15) is 0 Å². The molecule has 0 saturated heterocycles. The molecule has 0 fully saturated rings. The van der Waals surface area contributed by atoms with E-state index >= 15 is 0 Å². The average molecular weight is 380 g/mol. The van der Waals surface area contributed by atoms with Gasteiger partial charge in [0.25, 0.3) is 0 Å². The van der Waals surface area contributed by atoms with E-state index in [1.807, 2.05) is 0 Å². The maximum Gasteiger partial charge on any atom is 0.345 e. The second-order valence-corrected chi connectivity index (χ2v) is 6.75. The van der Waals surface area contributed by atoms with Gasteiger partial charge >= 0.3 is 23.9 Å². The van der Waals surface area contributed by atoms with Crippen LogP contribution in [0, 0.1) is 5.41 Å². The number of hydrogen-bond acceptors (Lipinski definition) is 8. The van der Waals surface area contributed by atoms with Crippen LogP contribution in [-0.4, -0.2) is 77.9 Å². The van der Waals surface area contributed by atoms with Gasteiger partial charge in [0.2, 0.25) is 6.10 Å². The van der Waals surface area contributed by atoms with Crippen molar-refractivity contribution < 1.29 is 54.6 Å². The smallest absolute Gasteiger partial charge is 0.345 e. The summed E-state index contributed by atoms with van der Waals surface area (Å²) in [5, 5.41) is 56.7. The topological polar surface area (TPSA) is 199 Å². The predicted molar refractivity (Wildman–Crippen MR) is 83.1 cm³/mol. The number of ether oxygens (including phenoxy) is 1. The normalized spacial score (nSPS) is 20.6. The van der Waals surface area contributed by atoms with Crippen molar-refractivity contribution in [1.29, 1.82) is 0 Å². The molecule has 5 unspecified atom stereocenters. The molecule has 0 aliphatic carbocycles. The van der Waals surface area contributed by atoms with Crippen molar-refractivity contribution in [2.75, 3.05) is 0 Å². The number of aliphatic hydroxyl groups is 3. The van der Waals surface area contributed by atoms with Gasteiger partial charge in [0.05, 0.1) is 5.41 Å². The molecule has 0 aliphatic rings. The van der Waals surface area contributed by atoms with Gasteiger partial charge in [-0.15, -0.1) is 0 Å². The summed E-state index contributed by atoms with van der Waals surface area (Å²) in [5.41, 5.74) is -7.06. The summed E-state index contributed by atoms with van der Waals surface area (Å²) in [4.78, 5) is 45.6. The summed E-state index contributed by atoms with van der Waals surface area (Å²) < 4.78 is 4.71. The fraction of sp³-hybridized carbons (Fsp3) is 0.733. The maximum absolute atomic E-state index is 12.2. The van der Waals surface area contributed by atoms with E-state index in [1.165, 1.54) is 6.92 Å². The lowest BCUT2D eigenvalue weighted by Crippen LogP contribution is -2.55. The number of aliphatic hydroxyl groups excluding tert-OH is 1. The van der Waals surface area contributed by atoms with Crippen LogP contribution >= 0.6 is 0 Å². The van der Waals surface area contributed by atoms with E-state index in [4.69, 9.17) is 14.9 Å². The van der Waals surface area contributed by atoms with Gasteiger partial charge in [-0.05, 0) is 20.3 Å². The zero-order valence-electron chi connectivity index (χ0n) is 14.8. The molecular formula is C15H24O11. The van der Waals surface area contributed by atoms with Gasteiger partial charge in [0, 0.05) is 6.42 Å². The molecule has 150 valence electrons. The van der Waals surface area contributed by atoms with E-state index in [2.05, 4.69) is 0 Å². The number of aliphatic carboxylic acids is 3. The summed E-state index contributed by atoms with van der Waals surface area (Å²) >= 11 is 0. The number of carbonyl (C=O) groups excluding carboxylic acids is 1. The third-order valence-electron chi connectivity index (χ3n) is 4.26. The Labute approximate surface area is 148 Å². The van der Waals surface area contributed by atoms with Crippen molar-refractivity contribution in [3.05, 3.63) is 0 Å². The highest BCUT2D eigenvalue weighted by atomic mass is 16.6. The summed E-state index contributed by atoms with van der Waals surface area (Å²) in [6, 6.07) is 0. The molecule has 0 amide bonds. The molecule has 26 heavy (non-hydrogen) atoms. The number of rotatable bonds is 10. The number of esters is 1.